The topological polar surface area (TPSA) is 63.2 Å². The van der Waals surface area contributed by atoms with E-state index in [1.807, 2.05) is 19.2 Å². The van der Waals surface area contributed by atoms with Crippen molar-refractivity contribution in [2.75, 3.05) is 6.61 Å². The van der Waals surface area contributed by atoms with Crippen molar-refractivity contribution in [3.63, 3.8) is 0 Å². The van der Waals surface area contributed by atoms with Gasteiger partial charge in [-0.3, -0.25) is 0 Å². The van der Waals surface area contributed by atoms with Gasteiger partial charge in [0.1, 0.15) is 5.01 Å². The molecule has 2 rings (SSSR count). The molecule has 1 fully saturated rings. The molecular formula is C12H19N3O2S. The lowest BCUT2D eigenvalue weighted by molar-refractivity contribution is 0.0860. The van der Waals surface area contributed by atoms with E-state index in [0.717, 1.165) is 30.2 Å². The van der Waals surface area contributed by atoms with Gasteiger partial charge in [-0.05, 0) is 26.7 Å². The van der Waals surface area contributed by atoms with Crippen molar-refractivity contribution in [3.05, 3.63) is 16.1 Å². The third kappa shape index (κ3) is 3.68. The normalized spacial score (nSPS) is 20.7. The number of ether oxygens (including phenoxy) is 1. The third-order valence-corrected chi connectivity index (χ3v) is 3.91. The summed E-state index contributed by atoms with van der Waals surface area (Å²) in [6, 6.07) is -0.114. The average molecular weight is 269 g/mol. The van der Waals surface area contributed by atoms with Crippen LogP contribution in [0.2, 0.25) is 0 Å². The van der Waals surface area contributed by atoms with Crippen LogP contribution < -0.4 is 10.6 Å². The standard InChI is InChI=1S/C12H19N3O2S/c1-8-7-18-11(14-8)6-13-12(16)15-9(2)10-4-3-5-17-10/h7,9-10H,3-6H2,1-2H3,(H2,13,15,16)/t9-,10-/m1/s1. The number of nitrogens with zero attached hydrogens (tertiary/aromatic N) is 1. The summed E-state index contributed by atoms with van der Waals surface area (Å²) < 4.78 is 5.53. The van der Waals surface area contributed by atoms with Crippen molar-refractivity contribution in [1.29, 1.82) is 0 Å². The van der Waals surface area contributed by atoms with Gasteiger partial charge in [0.15, 0.2) is 0 Å². The predicted molar refractivity (Wildman–Crippen MR) is 70.7 cm³/mol. The highest BCUT2D eigenvalue weighted by Crippen LogP contribution is 2.15. The second-order valence-corrected chi connectivity index (χ2v) is 5.49. The molecule has 100 valence electrons. The maximum Gasteiger partial charge on any atom is 0.315 e. The molecule has 0 spiro atoms. The van der Waals surface area contributed by atoms with Crippen LogP contribution in [-0.4, -0.2) is 29.8 Å². The quantitative estimate of drug-likeness (QED) is 0.876. The minimum atomic E-state index is -0.161. The van der Waals surface area contributed by atoms with Crippen molar-refractivity contribution in [3.8, 4) is 0 Å². The van der Waals surface area contributed by atoms with Crippen LogP contribution in [0.3, 0.4) is 0 Å². The van der Waals surface area contributed by atoms with Crippen molar-refractivity contribution in [2.45, 2.75) is 45.4 Å². The van der Waals surface area contributed by atoms with E-state index in [0.29, 0.717) is 6.54 Å². The number of carbonyl (C=O) groups excluding carboxylic acids is 1. The van der Waals surface area contributed by atoms with E-state index < -0.39 is 0 Å². The highest BCUT2D eigenvalue weighted by atomic mass is 32.1. The van der Waals surface area contributed by atoms with Gasteiger partial charge in [0.25, 0.3) is 0 Å². The second kappa shape index (κ2) is 6.15. The van der Waals surface area contributed by atoms with Crippen LogP contribution in [0.25, 0.3) is 0 Å². The lowest BCUT2D eigenvalue weighted by Gasteiger charge is -2.20. The average Bonchev–Trinajstić information content (AvgIpc) is 2.97. The van der Waals surface area contributed by atoms with Crippen LogP contribution in [0.15, 0.2) is 5.38 Å². The molecule has 0 saturated carbocycles. The molecule has 2 atom stereocenters. The second-order valence-electron chi connectivity index (χ2n) is 4.55. The van der Waals surface area contributed by atoms with E-state index in [1.54, 1.807) is 11.3 Å². The minimum Gasteiger partial charge on any atom is -0.376 e. The molecule has 2 heterocycles. The van der Waals surface area contributed by atoms with Crippen molar-refractivity contribution in [1.82, 2.24) is 15.6 Å². The van der Waals surface area contributed by atoms with Crippen molar-refractivity contribution in [2.24, 2.45) is 0 Å². The van der Waals surface area contributed by atoms with E-state index in [-0.39, 0.29) is 18.2 Å². The Labute approximate surface area is 111 Å². The van der Waals surface area contributed by atoms with E-state index in [1.165, 1.54) is 0 Å². The molecule has 0 aromatic carbocycles. The fraction of sp³-hybridized carbons (Fsp3) is 0.667. The molecule has 1 aromatic rings. The molecule has 18 heavy (non-hydrogen) atoms. The first kappa shape index (κ1) is 13.3. The monoisotopic (exact) mass is 269 g/mol. The summed E-state index contributed by atoms with van der Waals surface area (Å²) in [5.41, 5.74) is 0.991. The van der Waals surface area contributed by atoms with Gasteiger partial charge in [-0.15, -0.1) is 11.3 Å². The fourth-order valence-electron chi connectivity index (χ4n) is 1.99. The number of urea groups is 1. The van der Waals surface area contributed by atoms with Gasteiger partial charge in [-0.1, -0.05) is 0 Å². The van der Waals surface area contributed by atoms with Crippen LogP contribution in [0.1, 0.15) is 30.5 Å². The van der Waals surface area contributed by atoms with Gasteiger partial charge >= 0.3 is 6.03 Å². The molecule has 0 aliphatic carbocycles. The largest absolute Gasteiger partial charge is 0.376 e. The third-order valence-electron chi connectivity index (χ3n) is 2.95. The van der Waals surface area contributed by atoms with Crippen molar-refractivity contribution < 1.29 is 9.53 Å². The highest BCUT2D eigenvalue weighted by Gasteiger charge is 2.23. The predicted octanol–water partition coefficient (Wildman–Crippen LogP) is 1.82. The smallest absolute Gasteiger partial charge is 0.315 e. The van der Waals surface area contributed by atoms with Gasteiger partial charge in [0.05, 0.1) is 18.7 Å². The summed E-state index contributed by atoms with van der Waals surface area (Å²) in [7, 11) is 0. The van der Waals surface area contributed by atoms with Gasteiger partial charge in [0, 0.05) is 17.7 Å². The van der Waals surface area contributed by atoms with Gasteiger partial charge < -0.3 is 15.4 Å². The highest BCUT2D eigenvalue weighted by molar-refractivity contribution is 7.09. The lowest BCUT2D eigenvalue weighted by atomic mass is 10.1. The van der Waals surface area contributed by atoms with Gasteiger partial charge in [0.2, 0.25) is 0 Å². The Balaban J connectivity index is 1.71. The zero-order valence-corrected chi connectivity index (χ0v) is 11.5. The van der Waals surface area contributed by atoms with Crippen LogP contribution in [-0.2, 0) is 11.3 Å². The number of aromatic nitrogens is 1. The van der Waals surface area contributed by atoms with E-state index >= 15 is 0 Å². The van der Waals surface area contributed by atoms with Crippen LogP contribution in [0, 0.1) is 6.92 Å². The summed E-state index contributed by atoms with van der Waals surface area (Å²) in [6.07, 6.45) is 2.25. The summed E-state index contributed by atoms with van der Waals surface area (Å²) >= 11 is 1.56. The minimum absolute atomic E-state index is 0.0468. The summed E-state index contributed by atoms with van der Waals surface area (Å²) in [4.78, 5) is 16.0. The SMILES string of the molecule is Cc1csc(CNC(=O)N[C@H](C)[C@H]2CCCO2)n1. The van der Waals surface area contributed by atoms with Gasteiger partial charge in [-0.2, -0.15) is 0 Å². The Morgan fingerprint density at radius 3 is 3.17 bits per heavy atom. The number of thiazole rings is 1. The molecule has 2 N–H and O–H groups in total. The summed E-state index contributed by atoms with van der Waals surface area (Å²) in [5.74, 6) is 0. The lowest BCUT2D eigenvalue weighted by Crippen LogP contribution is -2.45. The van der Waals surface area contributed by atoms with Crippen LogP contribution in [0.5, 0.6) is 0 Å². The van der Waals surface area contributed by atoms with Crippen LogP contribution >= 0.6 is 11.3 Å². The molecule has 1 aliphatic rings. The number of hydrogen-bond acceptors (Lipinski definition) is 4. The Morgan fingerprint density at radius 2 is 2.56 bits per heavy atom. The molecule has 1 aromatic heterocycles. The molecular weight excluding hydrogens is 250 g/mol. The Morgan fingerprint density at radius 1 is 1.72 bits per heavy atom. The van der Waals surface area contributed by atoms with E-state index in [2.05, 4.69) is 15.6 Å². The number of nitrogens with one attached hydrogen (secondary N) is 2. The number of rotatable bonds is 4. The van der Waals surface area contributed by atoms with Crippen LogP contribution in [0.4, 0.5) is 4.79 Å². The fourth-order valence-corrected chi connectivity index (χ4v) is 2.70. The molecule has 0 bridgehead atoms. The Hall–Kier alpha value is -1.14. The zero-order chi connectivity index (χ0) is 13.0. The van der Waals surface area contributed by atoms with E-state index in [9.17, 15) is 4.79 Å². The maximum atomic E-state index is 11.7. The number of carbonyl (C=O) groups is 1. The first-order valence-electron chi connectivity index (χ1n) is 6.22. The molecule has 0 unspecified atom stereocenters. The first-order chi connectivity index (χ1) is 8.65. The molecule has 1 aliphatic heterocycles. The first-order valence-corrected chi connectivity index (χ1v) is 7.10. The molecule has 1 saturated heterocycles. The van der Waals surface area contributed by atoms with Crippen molar-refractivity contribution >= 4 is 17.4 Å². The Bertz CT molecular complexity index is 402. The van der Waals surface area contributed by atoms with E-state index in [4.69, 9.17) is 4.74 Å². The molecule has 0 radical (unpaired) electrons. The summed E-state index contributed by atoms with van der Waals surface area (Å²) in [5, 5.41) is 8.61. The number of amides is 2. The maximum absolute atomic E-state index is 11.7. The molecule has 2 amide bonds. The Kier molecular flexibility index (Phi) is 4.54. The number of aryl methyl sites for hydroxylation is 1. The van der Waals surface area contributed by atoms with Gasteiger partial charge in [-0.25, -0.2) is 9.78 Å². The summed E-state index contributed by atoms with van der Waals surface area (Å²) in [6.45, 7) is 5.20. The number of hydrogen-bond donors (Lipinski definition) is 2. The zero-order valence-electron chi connectivity index (χ0n) is 10.7. The molecule has 6 heteroatoms. The molecule has 5 nitrogen and oxygen atoms in total.